The number of amides is 1. The average molecular weight is 631 g/mol. The quantitative estimate of drug-likeness (QED) is 0.171. The van der Waals surface area contributed by atoms with E-state index in [2.05, 4.69) is 55.4 Å². The normalized spacial score (nSPS) is 11.2. The van der Waals surface area contributed by atoms with Gasteiger partial charge in [-0.3, -0.25) is 4.79 Å². The van der Waals surface area contributed by atoms with Gasteiger partial charge in [-0.05, 0) is 90.2 Å². The van der Waals surface area contributed by atoms with Gasteiger partial charge in [0, 0.05) is 5.69 Å². The number of ether oxygens (including phenoxy) is 1. The van der Waals surface area contributed by atoms with Crippen molar-refractivity contribution >= 4 is 83.5 Å². The van der Waals surface area contributed by atoms with Crippen molar-refractivity contribution < 1.29 is 9.53 Å². The van der Waals surface area contributed by atoms with Gasteiger partial charge in [0.05, 0.1) is 19.0 Å². The fourth-order valence-corrected chi connectivity index (χ4v) is 5.21. The molecule has 35 heavy (non-hydrogen) atoms. The van der Waals surface area contributed by atoms with Gasteiger partial charge in [0.25, 0.3) is 5.91 Å². The Kier molecular flexibility index (Phi) is 8.15. The summed E-state index contributed by atoms with van der Waals surface area (Å²) in [5, 5.41) is 15.2. The molecule has 4 nitrogen and oxygen atoms in total. The smallest absolute Gasteiger partial charge is 0.266 e. The van der Waals surface area contributed by atoms with Crippen molar-refractivity contribution in [2.24, 2.45) is 0 Å². The zero-order valence-corrected chi connectivity index (χ0v) is 22.7. The van der Waals surface area contributed by atoms with E-state index < -0.39 is 5.91 Å². The summed E-state index contributed by atoms with van der Waals surface area (Å²) in [6.07, 6.45) is 1.50. The molecule has 1 amide bonds. The Morgan fingerprint density at radius 2 is 1.69 bits per heavy atom. The number of carbonyl (C=O) groups excluding carboxylic acids is 1. The third kappa shape index (κ3) is 6.06. The summed E-state index contributed by atoms with van der Waals surface area (Å²) in [5.41, 5.74) is 2.07. The van der Waals surface area contributed by atoms with Crippen LogP contribution in [0.1, 0.15) is 11.1 Å². The molecule has 0 saturated carbocycles. The largest absolute Gasteiger partial charge is 0.487 e. The van der Waals surface area contributed by atoms with Crippen LogP contribution in [0.25, 0.3) is 16.8 Å². The second kappa shape index (κ2) is 11.3. The van der Waals surface area contributed by atoms with Crippen LogP contribution in [-0.2, 0) is 11.4 Å². The van der Waals surface area contributed by atoms with Crippen molar-refractivity contribution in [2.75, 3.05) is 5.32 Å². The second-order valence-corrected chi connectivity index (χ2v) is 10.0. The molecule has 0 unspecified atom stereocenters. The summed E-state index contributed by atoms with van der Waals surface area (Å²) in [6.45, 7) is 0.378. The van der Waals surface area contributed by atoms with E-state index in [1.54, 1.807) is 24.3 Å². The molecule has 0 fully saturated rings. The van der Waals surface area contributed by atoms with Gasteiger partial charge in [0.1, 0.15) is 24.0 Å². The SMILES string of the molecule is N#C/C(=C/c1cc(Br)c(OCc2cccc3ccccc23)c(Br)c1)C(=O)Nc1ccc(Cl)c(Cl)c1. The molecule has 4 aromatic rings. The third-order valence-corrected chi connectivity index (χ3v) is 7.04. The summed E-state index contributed by atoms with van der Waals surface area (Å²) in [6, 6.07) is 24.5. The molecule has 0 aliphatic heterocycles. The first kappa shape index (κ1) is 25.3. The van der Waals surface area contributed by atoms with Crippen LogP contribution < -0.4 is 10.1 Å². The zero-order valence-electron chi connectivity index (χ0n) is 18.0. The zero-order chi connectivity index (χ0) is 24.9. The Hall–Kier alpha value is -2.82. The van der Waals surface area contributed by atoms with E-state index >= 15 is 0 Å². The lowest BCUT2D eigenvalue weighted by Gasteiger charge is -2.13. The Bertz CT molecular complexity index is 1480. The molecular weight excluding hydrogens is 615 g/mol. The molecule has 0 heterocycles. The summed E-state index contributed by atoms with van der Waals surface area (Å²) >= 11 is 19.0. The van der Waals surface area contributed by atoms with E-state index in [0.717, 1.165) is 16.3 Å². The highest BCUT2D eigenvalue weighted by molar-refractivity contribution is 9.11. The maximum atomic E-state index is 12.6. The van der Waals surface area contributed by atoms with Crippen LogP contribution >= 0.6 is 55.1 Å². The number of anilines is 1. The number of fused-ring (bicyclic) bond motifs is 1. The summed E-state index contributed by atoms with van der Waals surface area (Å²) < 4.78 is 7.48. The summed E-state index contributed by atoms with van der Waals surface area (Å²) in [4.78, 5) is 12.6. The predicted molar refractivity (Wildman–Crippen MR) is 149 cm³/mol. The first-order chi connectivity index (χ1) is 16.9. The van der Waals surface area contributed by atoms with Crippen LogP contribution in [0.4, 0.5) is 5.69 Å². The Labute approximate surface area is 229 Å². The lowest BCUT2D eigenvalue weighted by atomic mass is 10.1. The van der Waals surface area contributed by atoms with Gasteiger partial charge < -0.3 is 10.1 Å². The highest BCUT2D eigenvalue weighted by Gasteiger charge is 2.14. The van der Waals surface area contributed by atoms with Crippen molar-refractivity contribution in [2.45, 2.75) is 6.61 Å². The number of benzene rings is 4. The fraction of sp³-hybridized carbons (Fsp3) is 0.0370. The van der Waals surface area contributed by atoms with Crippen molar-refractivity contribution in [1.29, 1.82) is 5.26 Å². The summed E-state index contributed by atoms with van der Waals surface area (Å²) in [5.74, 6) is 0.0586. The number of nitrogens with one attached hydrogen (secondary N) is 1. The van der Waals surface area contributed by atoms with E-state index in [1.807, 2.05) is 30.3 Å². The average Bonchev–Trinajstić information content (AvgIpc) is 2.84. The summed E-state index contributed by atoms with van der Waals surface area (Å²) in [7, 11) is 0. The molecule has 0 aliphatic rings. The molecule has 4 rings (SSSR count). The third-order valence-electron chi connectivity index (χ3n) is 5.13. The standard InChI is InChI=1S/C27H16Br2Cl2N2O2/c28-22-11-16(10-19(14-32)27(34)33-20-8-9-24(30)25(31)13-20)12-23(29)26(22)35-15-18-6-3-5-17-4-1-2-7-21(17)18/h1-13H,15H2,(H,33,34)/b19-10-. The maximum Gasteiger partial charge on any atom is 0.266 e. The Morgan fingerprint density at radius 1 is 0.971 bits per heavy atom. The Balaban J connectivity index is 1.53. The van der Waals surface area contributed by atoms with Crippen molar-refractivity contribution in [3.8, 4) is 11.8 Å². The molecule has 0 aromatic heterocycles. The topological polar surface area (TPSA) is 62.1 Å². The van der Waals surface area contributed by atoms with Gasteiger partial charge in [-0.15, -0.1) is 0 Å². The molecule has 1 N–H and O–H groups in total. The lowest BCUT2D eigenvalue weighted by molar-refractivity contribution is -0.112. The van der Waals surface area contributed by atoms with Crippen LogP contribution in [0.5, 0.6) is 5.75 Å². The van der Waals surface area contributed by atoms with E-state index in [-0.39, 0.29) is 5.57 Å². The van der Waals surface area contributed by atoms with Crippen LogP contribution in [0.3, 0.4) is 0 Å². The van der Waals surface area contributed by atoms with Gasteiger partial charge in [-0.25, -0.2) is 0 Å². The van der Waals surface area contributed by atoms with Gasteiger partial charge in [-0.1, -0.05) is 65.7 Å². The highest BCUT2D eigenvalue weighted by atomic mass is 79.9. The molecule has 0 aliphatic carbocycles. The molecule has 0 bridgehead atoms. The Morgan fingerprint density at radius 3 is 2.40 bits per heavy atom. The number of carbonyl (C=O) groups is 1. The molecule has 0 saturated heterocycles. The number of hydrogen-bond donors (Lipinski definition) is 1. The first-order valence-corrected chi connectivity index (χ1v) is 12.7. The fourth-order valence-electron chi connectivity index (χ4n) is 3.46. The van der Waals surface area contributed by atoms with Crippen LogP contribution in [0.2, 0.25) is 10.0 Å². The van der Waals surface area contributed by atoms with Crippen molar-refractivity contribution in [3.63, 3.8) is 0 Å². The molecular formula is C27H16Br2Cl2N2O2. The minimum atomic E-state index is -0.561. The molecule has 8 heteroatoms. The van der Waals surface area contributed by atoms with Gasteiger partial charge in [0.15, 0.2) is 0 Å². The molecule has 4 aromatic carbocycles. The number of halogens is 4. The van der Waals surface area contributed by atoms with Crippen LogP contribution in [0.15, 0.2) is 87.3 Å². The number of nitrogens with zero attached hydrogens (tertiary/aromatic N) is 1. The van der Waals surface area contributed by atoms with Gasteiger partial charge in [0.2, 0.25) is 0 Å². The molecule has 0 atom stereocenters. The predicted octanol–water partition coefficient (Wildman–Crippen LogP) is 8.80. The van der Waals surface area contributed by atoms with E-state index in [9.17, 15) is 10.1 Å². The monoisotopic (exact) mass is 628 g/mol. The van der Waals surface area contributed by atoms with Crippen molar-refractivity contribution in [1.82, 2.24) is 0 Å². The first-order valence-electron chi connectivity index (χ1n) is 10.3. The van der Waals surface area contributed by atoms with Crippen molar-refractivity contribution in [3.05, 3.63) is 108 Å². The lowest BCUT2D eigenvalue weighted by Crippen LogP contribution is -2.13. The van der Waals surface area contributed by atoms with E-state index in [0.29, 0.717) is 42.6 Å². The van der Waals surface area contributed by atoms with Crippen LogP contribution in [0, 0.1) is 11.3 Å². The molecule has 0 radical (unpaired) electrons. The van der Waals surface area contributed by atoms with Crippen LogP contribution in [-0.4, -0.2) is 5.91 Å². The molecule has 174 valence electrons. The minimum absolute atomic E-state index is 0.0701. The minimum Gasteiger partial charge on any atom is -0.487 e. The van der Waals surface area contributed by atoms with E-state index in [4.69, 9.17) is 27.9 Å². The molecule has 0 spiro atoms. The highest BCUT2D eigenvalue weighted by Crippen LogP contribution is 2.36. The van der Waals surface area contributed by atoms with Gasteiger partial charge >= 0.3 is 0 Å². The maximum absolute atomic E-state index is 12.6. The second-order valence-electron chi connectivity index (χ2n) is 7.49. The van der Waals surface area contributed by atoms with Gasteiger partial charge in [-0.2, -0.15) is 5.26 Å². The number of rotatable bonds is 6. The van der Waals surface area contributed by atoms with E-state index in [1.165, 1.54) is 12.1 Å². The number of hydrogen-bond acceptors (Lipinski definition) is 3. The number of nitriles is 1.